The van der Waals surface area contributed by atoms with Crippen LogP contribution < -0.4 is 10.1 Å². The zero-order valence-corrected chi connectivity index (χ0v) is 12.9. The topological polar surface area (TPSA) is 30.5 Å². The first-order valence-electron chi connectivity index (χ1n) is 7.77. The second kappa shape index (κ2) is 7.09. The Labute approximate surface area is 122 Å². The predicted molar refractivity (Wildman–Crippen MR) is 82.2 cm³/mol. The van der Waals surface area contributed by atoms with Gasteiger partial charge >= 0.3 is 0 Å². The van der Waals surface area contributed by atoms with Gasteiger partial charge in [0.15, 0.2) is 0 Å². The molecule has 0 spiro atoms. The van der Waals surface area contributed by atoms with E-state index in [-0.39, 0.29) is 11.6 Å². The fourth-order valence-corrected chi connectivity index (χ4v) is 3.41. The number of likely N-dealkylation sites (N-methyl/N-ethyl adjacent to an activating group) is 1. The van der Waals surface area contributed by atoms with Crippen molar-refractivity contribution in [3.63, 3.8) is 0 Å². The molecular formula is C17H27NO2. The van der Waals surface area contributed by atoms with Gasteiger partial charge in [-0.25, -0.2) is 0 Å². The van der Waals surface area contributed by atoms with Crippen LogP contribution in [0.1, 0.15) is 51.1 Å². The van der Waals surface area contributed by atoms with E-state index in [9.17, 15) is 0 Å². The van der Waals surface area contributed by atoms with Crippen molar-refractivity contribution in [1.82, 2.24) is 5.32 Å². The summed E-state index contributed by atoms with van der Waals surface area (Å²) in [5.41, 5.74) is 1.21. The molecule has 1 aliphatic rings. The summed E-state index contributed by atoms with van der Waals surface area (Å²) in [5, 5.41) is 3.64. The molecule has 1 N–H and O–H groups in total. The maximum absolute atomic E-state index is 6.23. The molecule has 2 rings (SSSR count). The smallest absolute Gasteiger partial charge is 0.119 e. The Morgan fingerprint density at radius 1 is 1.25 bits per heavy atom. The van der Waals surface area contributed by atoms with Crippen molar-refractivity contribution in [1.29, 1.82) is 0 Å². The Bertz CT molecular complexity index is 413. The molecule has 0 radical (unpaired) electrons. The molecule has 0 aromatic heterocycles. The predicted octanol–water partition coefficient (Wildman–Crippen LogP) is 3.70. The Morgan fingerprint density at radius 3 is 2.60 bits per heavy atom. The van der Waals surface area contributed by atoms with Crippen molar-refractivity contribution in [2.75, 3.05) is 20.3 Å². The van der Waals surface area contributed by atoms with Crippen LogP contribution in [-0.4, -0.2) is 25.9 Å². The van der Waals surface area contributed by atoms with Gasteiger partial charge in [-0.2, -0.15) is 0 Å². The number of rotatable bonds is 7. The van der Waals surface area contributed by atoms with Crippen LogP contribution in [0.3, 0.4) is 0 Å². The molecule has 0 aliphatic heterocycles. The van der Waals surface area contributed by atoms with Crippen LogP contribution in [0, 0.1) is 0 Å². The average Bonchev–Trinajstić information content (AvgIpc) is 2.94. The summed E-state index contributed by atoms with van der Waals surface area (Å²) in [6.07, 6.45) is 4.78. The van der Waals surface area contributed by atoms with Crippen molar-refractivity contribution in [2.45, 2.75) is 51.2 Å². The molecule has 112 valence electrons. The molecule has 3 nitrogen and oxygen atoms in total. The van der Waals surface area contributed by atoms with Crippen LogP contribution in [0.4, 0.5) is 0 Å². The molecule has 3 heteroatoms. The Kier molecular flexibility index (Phi) is 5.44. The molecule has 0 saturated heterocycles. The molecule has 1 fully saturated rings. The van der Waals surface area contributed by atoms with Gasteiger partial charge in [0.05, 0.1) is 18.8 Å². The summed E-state index contributed by atoms with van der Waals surface area (Å²) in [5.74, 6) is 0.912. The lowest BCUT2D eigenvalue weighted by Gasteiger charge is -2.38. The first kappa shape index (κ1) is 15.3. The van der Waals surface area contributed by atoms with Crippen LogP contribution >= 0.6 is 0 Å². The van der Waals surface area contributed by atoms with E-state index in [4.69, 9.17) is 9.47 Å². The SMILES string of the molecule is CCNC(c1cccc(OC)c1)C1(OCC)CCCC1. The minimum Gasteiger partial charge on any atom is -0.497 e. The average molecular weight is 277 g/mol. The van der Waals surface area contributed by atoms with Gasteiger partial charge in [-0.3, -0.25) is 0 Å². The molecule has 1 atom stereocenters. The number of hydrogen-bond donors (Lipinski definition) is 1. The highest BCUT2D eigenvalue weighted by molar-refractivity contribution is 5.32. The monoisotopic (exact) mass is 277 g/mol. The summed E-state index contributed by atoms with van der Waals surface area (Å²) in [6.45, 7) is 5.96. The highest BCUT2D eigenvalue weighted by Crippen LogP contribution is 2.43. The summed E-state index contributed by atoms with van der Waals surface area (Å²) < 4.78 is 11.6. The first-order chi connectivity index (χ1) is 9.75. The van der Waals surface area contributed by atoms with Gasteiger partial charge in [0.1, 0.15) is 5.75 Å². The van der Waals surface area contributed by atoms with Crippen molar-refractivity contribution in [3.8, 4) is 5.75 Å². The van der Waals surface area contributed by atoms with Gasteiger partial charge in [0, 0.05) is 6.61 Å². The standard InChI is InChI=1S/C17H27NO2/c1-4-18-16(14-9-8-10-15(13-14)19-3)17(20-5-2)11-6-7-12-17/h8-10,13,16,18H,4-7,11-12H2,1-3H3. The van der Waals surface area contributed by atoms with Gasteiger partial charge < -0.3 is 14.8 Å². The van der Waals surface area contributed by atoms with Crippen LogP contribution in [0.15, 0.2) is 24.3 Å². The number of methoxy groups -OCH3 is 1. The summed E-state index contributed by atoms with van der Waals surface area (Å²) in [6, 6.07) is 8.60. The molecule has 0 heterocycles. The zero-order chi connectivity index (χ0) is 14.4. The zero-order valence-electron chi connectivity index (χ0n) is 12.9. The number of benzene rings is 1. The number of nitrogens with one attached hydrogen (secondary N) is 1. The van der Waals surface area contributed by atoms with E-state index in [1.807, 2.05) is 6.07 Å². The van der Waals surface area contributed by atoms with E-state index < -0.39 is 0 Å². The van der Waals surface area contributed by atoms with Crippen molar-refractivity contribution < 1.29 is 9.47 Å². The largest absolute Gasteiger partial charge is 0.497 e. The fraction of sp³-hybridized carbons (Fsp3) is 0.647. The Hall–Kier alpha value is -1.06. The van der Waals surface area contributed by atoms with E-state index in [1.165, 1.54) is 18.4 Å². The van der Waals surface area contributed by atoms with Crippen LogP contribution in [-0.2, 0) is 4.74 Å². The minimum atomic E-state index is -0.0584. The van der Waals surface area contributed by atoms with Gasteiger partial charge in [-0.05, 0) is 44.0 Å². The summed E-state index contributed by atoms with van der Waals surface area (Å²) in [7, 11) is 1.72. The third-order valence-corrected chi connectivity index (χ3v) is 4.24. The van der Waals surface area contributed by atoms with Crippen LogP contribution in [0.5, 0.6) is 5.75 Å². The number of ether oxygens (including phenoxy) is 2. The van der Waals surface area contributed by atoms with Crippen molar-refractivity contribution in [2.24, 2.45) is 0 Å². The second-order valence-corrected chi connectivity index (χ2v) is 5.47. The summed E-state index contributed by atoms with van der Waals surface area (Å²) >= 11 is 0. The van der Waals surface area contributed by atoms with Crippen LogP contribution in [0.2, 0.25) is 0 Å². The minimum absolute atomic E-state index is 0.0584. The lowest BCUT2D eigenvalue weighted by Crippen LogP contribution is -2.44. The van der Waals surface area contributed by atoms with E-state index in [2.05, 4.69) is 37.4 Å². The van der Waals surface area contributed by atoms with Gasteiger partial charge in [0.25, 0.3) is 0 Å². The first-order valence-corrected chi connectivity index (χ1v) is 7.77. The highest BCUT2D eigenvalue weighted by atomic mass is 16.5. The molecule has 1 aliphatic carbocycles. The molecule has 0 bridgehead atoms. The molecule has 20 heavy (non-hydrogen) atoms. The molecule has 1 unspecified atom stereocenters. The third-order valence-electron chi connectivity index (χ3n) is 4.24. The van der Waals surface area contributed by atoms with Gasteiger partial charge in [-0.15, -0.1) is 0 Å². The van der Waals surface area contributed by atoms with Crippen LogP contribution in [0.25, 0.3) is 0 Å². The maximum atomic E-state index is 6.23. The quantitative estimate of drug-likeness (QED) is 0.824. The van der Waals surface area contributed by atoms with Gasteiger partial charge in [0.2, 0.25) is 0 Å². The Morgan fingerprint density at radius 2 is 2.00 bits per heavy atom. The lowest BCUT2D eigenvalue weighted by molar-refractivity contribution is -0.0623. The Balaban J connectivity index is 2.32. The number of hydrogen-bond acceptors (Lipinski definition) is 3. The molecule has 1 aromatic carbocycles. The lowest BCUT2D eigenvalue weighted by atomic mass is 9.86. The third kappa shape index (κ3) is 3.15. The summed E-state index contributed by atoms with van der Waals surface area (Å²) in [4.78, 5) is 0. The van der Waals surface area contributed by atoms with Gasteiger partial charge in [-0.1, -0.05) is 31.9 Å². The molecule has 1 saturated carbocycles. The normalized spacial score (nSPS) is 18.9. The second-order valence-electron chi connectivity index (χ2n) is 5.47. The molecule has 0 amide bonds. The van der Waals surface area contributed by atoms with Crippen molar-refractivity contribution in [3.05, 3.63) is 29.8 Å². The maximum Gasteiger partial charge on any atom is 0.119 e. The highest BCUT2D eigenvalue weighted by Gasteiger charge is 2.42. The molecular weight excluding hydrogens is 250 g/mol. The fourth-order valence-electron chi connectivity index (χ4n) is 3.41. The van der Waals surface area contributed by atoms with E-state index in [1.54, 1.807) is 7.11 Å². The van der Waals surface area contributed by atoms with E-state index >= 15 is 0 Å². The van der Waals surface area contributed by atoms with Crippen molar-refractivity contribution >= 4 is 0 Å². The van der Waals surface area contributed by atoms with E-state index in [0.29, 0.717) is 0 Å². The van der Waals surface area contributed by atoms with E-state index in [0.717, 1.165) is 31.7 Å². The molecule has 1 aromatic rings.